The van der Waals surface area contributed by atoms with Crippen molar-refractivity contribution in [1.29, 1.82) is 0 Å². The number of hydrogen-bond donors (Lipinski definition) is 3. The summed E-state index contributed by atoms with van der Waals surface area (Å²) in [7, 11) is 0. The van der Waals surface area contributed by atoms with E-state index in [0.29, 0.717) is 24.0 Å². The molecule has 0 heterocycles. The zero-order valence-corrected chi connectivity index (χ0v) is 17.2. The smallest absolute Gasteiger partial charge is 0.243 e. The fourth-order valence-electron chi connectivity index (χ4n) is 2.87. The molecule has 0 atom stereocenters. The van der Waals surface area contributed by atoms with Gasteiger partial charge in [0.05, 0.1) is 18.8 Å². The number of benzene rings is 2. The van der Waals surface area contributed by atoms with Gasteiger partial charge in [0.25, 0.3) is 0 Å². The molecule has 1 aliphatic rings. The van der Waals surface area contributed by atoms with Crippen LogP contribution in [0.3, 0.4) is 0 Å². The van der Waals surface area contributed by atoms with Gasteiger partial charge in [-0.05, 0) is 55.5 Å². The number of hydrogen-bond acceptors (Lipinski definition) is 4. The zero-order valence-electron chi connectivity index (χ0n) is 17.2. The molecule has 1 aliphatic carbocycles. The summed E-state index contributed by atoms with van der Waals surface area (Å²) >= 11 is 0. The Hall–Kier alpha value is -3.02. The number of nitrogens with one attached hydrogen (secondary N) is 3. The van der Waals surface area contributed by atoms with Crippen molar-refractivity contribution >= 4 is 28.9 Å². The van der Waals surface area contributed by atoms with Crippen LogP contribution in [0, 0.1) is 18.8 Å². The van der Waals surface area contributed by atoms with Crippen LogP contribution in [-0.4, -0.2) is 25.0 Å². The van der Waals surface area contributed by atoms with Gasteiger partial charge in [-0.2, -0.15) is 0 Å². The van der Waals surface area contributed by atoms with E-state index in [9.17, 15) is 9.59 Å². The molecule has 2 aromatic rings. The molecular formula is C23H29N3O3. The number of amides is 2. The van der Waals surface area contributed by atoms with Crippen molar-refractivity contribution in [2.24, 2.45) is 11.8 Å². The van der Waals surface area contributed by atoms with E-state index in [-0.39, 0.29) is 24.3 Å². The van der Waals surface area contributed by atoms with Crippen LogP contribution in [0.25, 0.3) is 0 Å². The van der Waals surface area contributed by atoms with Crippen LogP contribution >= 0.6 is 0 Å². The third kappa shape index (κ3) is 5.98. The van der Waals surface area contributed by atoms with Crippen molar-refractivity contribution in [2.45, 2.75) is 33.6 Å². The van der Waals surface area contributed by atoms with Gasteiger partial charge in [0.2, 0.25) is 11.8 Å². The minimum absolute atomic E-state index is 0.0704. The Morgan fingerprint density at radius 3 is 2.41 bits per heavy atom. The van der Waals surface area contributed by atoms with Gasteiger partial charge in [-0.3, -0.25) is 9.59 Å². The summed E-state index contributed by atoms with van der Waals surface area (Å²) in [5.41, 5.74) is 3.16. The first kappa shape index (κ1) is 20.7. The van der Waals surface area contributed by atoms with E-state index in [4.69, 9.17) is 4.74 Å². The Balaban J connectivity index is 1.58. The first-order chi connectivity index (χ1) is 13.9. The molecule has 2 aromatic carbocycles. The maximum atomic E-state index is 12.4. The second-order valence-electron chi connectivity index (χ2n) is 7.84. The molecule has 29 heavy (non-hydrogen) atoms. The SMILES string of the molecule is Cc1c(NCC(=O)Nc2ccccc2OCC(C)C)cccc1NC(=O)C1CC1. The van der Waals surface area contributed by atoms with Gasteiger partial charge in [-0.1, -0.05) is 32.0 Å². The Labute approximate surface area is 172 Å². The van der Waals surface area contributed by atoms with Crippen LogP contribution in [0.1, 0.15) is 32.3 Å². The van der Waals surface area contributed by atoms with Crippen molar-refractivity contribution in [3.63, 3.8) is 0 Å². The summed E-state index contributed by atoms with van der Waals surface area (Å²) in [6, 6.07) is 13.1. The fourth-order valence-corrected chi connectivity index (χ4v) is 2.87. The molecular weight excluding hydrogens is 366 g/mol. The van der Waals surface area contributed by atoms with Crippen LogP contribution in [-0.2, 0) is 9.59 Å². The summed E-state index contributed by atoms with van der Waals surface area (Å²) < 4.78 is 5.78. The number of ether oxygens (including phenoxy) is 1. The second kappa shape index (κ2) is 9.45. The highest BCUT2D eigenvalue weighted by atomic mass is 16.5. The van der Waals surface area contributed by atoms with Crippen LogP contribution in [0.2, 0.25) is 0 Å². The predicted molar refractivity (Wildman–Crippen MR) is 116 cm³/mol. The monoisotopic (exact) mass is 395 g/mol. The van der Waals surface area contributed by atoms with E-state index in [1.54, 1.807) is 0 Å². The van der Waals surface area contributed by atoms with Gasteiger partial charge >= 0.3 is 0 Å². The number of rotatable bonds is 9. The van der Waals surface area contributed by atoms with Crippen molar-refractivity contribution < 1.29 is 14.3 Å². The number of anilines is 3. The van der Waals surface area contributed by atoms with E-state index >= 15 is 0 Å². The Morgan fingerprint density at radius 1 is 1.00 bits per heavy atom. The van der Waals surface area contributed by atoms with Crippen molar-refractivity contribution in [1.82, 2.24) is 0 Å². The fraction of sp³-hybridized carbons (Fsp3) is 0.391. The third-order valence-electron chi connectivity index (χ3n) is 4.71. The zero-order chi connectivity index (χ0) is 20.8. The molecule has 3 rings (SSSR count). The molecule has 0 aliphatic heterocycles. The van der Waals surface area contributed by atoms with Gasteiger partial charge in [-0.15, -0.1) is 0 Å². The average molecular weight is 396 g/mol. The minimum Gasteiger partial charge on any atom is -0.491 e. The maximum Gasteiger partial charge on any atom is 0.243 e. The van der Waals surface area contributed by atoms with E-state index in [2.05, 4.69) is 29.8 Å². The molecule has 3 N–H and O–H groups in total. The summed E-state index contributed by atoms with van der Waals surface area (Å²) in [6.07, 6.45) is 1.93. The van der Waals surface area contributed by atoms with Crippen LogP contribution in [0.4, 0.5) is 17.1 Å². The molecule has 6 heteroatoms. The van der Waals surface area contributed by atoms with E-state index in [0.717, 1.165) is 29.8 Å². The lowest BCUT2D eigenvalue weighted by molar-refractivity contribution is -0.117. The normalized spacial score (nSPS) is 13.1. The predicted octanol–water partition coefficient (Wildman–Crippen LogP) is 4.43. The standard InChI is InChI=1S/C23H29N3O3/c1-15(2)14-29-21-10-5-4-7-20(21)25-22(27)13-24-18-8-6-9-19(16(18)3)26-23(28)17-11-12-17/h4-10,15,17,24H,11-14H2,1-3H3,(H,25,27)(H,26,28). The lowest BCUT2D eigenvalue weighted by Crippen LogP contribution is -2.23. The molecule has 0 aromatic heterocycles. The van der Waals surface area contributed by atoms with Crippen LogP contribution in [0.15, 0.2) is 42.5 Å². The highest BCUT2D eigenvalue weighted by Gasteiger charge is 2.29. The Kier molecular flexibility index (Phi) is 6.75. The summed E-state index contributed by atoms with van der Waals surface area (Å²) in [5.74, 6) is 1.11. The first-order valence-electron chi connectivity index (χ1n) is 10.1. The Morgan fingerprint density at radius 2 is 1.69 bits per heavy atom. The quantitative estimate of drug-likeness (QED) is 0.587. The van der Waals surface area contributed by atoms with Crippen molar-refractivity contribution in [2.75, 3.05) is 29.1 Å². The number of carbonyl (C=O) groups excluding carboxylic acids is 2. The Bertz CT molecular complexity index is 875. The van der Waals surface area contributed by atoms with Gasteiger partial charge in [0.15, 0.2) is 0 Å². The van der Waals surface area contributed by atoms with Gasteiger partial charge in [0, 0.05) is 17.3 Å². The van der Waals surface area contributed by atoms with E-state index in [1.807, 2.05) is 49.4 Å². The molecule has 0 unspecified atom stereocenters. The molecule has 154 valence electrons. The lowest BCUT2D eigenvalue weighted by Gasteiger charge is -2.16. The summed E-state index contributed by atoms with van der Waals surface area (Å²) in [5, 5.41) is 9.03. The highest BCUT2D eigenvalue weighted by Crippen LogP contribution is 2.31. The second-order valence-corrected chi connectivity index (χ2v) is 7.84. The van der Waals surface area contributed by atoms with Gasteiger partial charge in [0.1, 0.15) is 5.75 Å². The lowest BCUT2D eigenvalue weighted by atomic mass is 10.1. The van der Waals surface area contributed by atoms with Gasteiger partial charge < -0.3 is 20.7 Å². The summed E-state index contributed by atoms with van der Waals surface area (Å²) in [6.45, 7) is 6.78. The largest absolute Gasteiger partial charge is 0.491 e. The van der Waals surface area contributed by atoms with Crippen molar-refractivity contribution in [3.05, 3.63) is 48.0 Å². The third-order valence-corrected chi connectivity index (χ3v) is 4.71. The number of para-hydroxylation sites is 2. The maximum absolute atomic E-state index is 12.4. The molecule has 0 bridgehead atoms. The van der Waals surface area contributed by atoms with E-state index < -0.39 is 0 Å². The van der Waals surface area contributed by atoms with E-state index in [1.165, 1.54) is 0 Å². The molecule has 0 radical (unpaired) electrons. The average Bonchev–Trinajstić information content (AvgIpc) is 3.53. The number of carbonyl (C=O) groups is 2. The first-order valence-corrected chi connectivity index (χ1v) is 10.1. The summed E-state index contributed by atoms with van der Waals surface area (Å²) in [4.78, 5) is 24.5. The molecule has 1 saturated carbocycles. The molecule has 6 nitrogen and oxygen atoms in total. The molecule has 2 amide bonds. The van der Waals surface area contributed by atoms with Gasteiger partial charge in [-0.25, -0.2) is 0 Å². The minimum atomic E-state index is -0.169. The topological polar surface area (TPSA) is 79.5 Å². The molecule has 1 fully saturated rings. The van der Waals surface area contributed by atoms with Crippen LogP contribution < -0.4 is 20.7 Å². The highest BCUT2D eigenvalue weighted by molar-refractivity contribution is 5.97. The van der Waals surface area contributed by atoms with Crippen LogP contribution in [0.5, 0.6) is 5.75 Å². The van der Waals surface area contributed by atoms with Crippen molar-refractivity contribution in [3.8, 4) is 5.75 Å². The molecule has 0 saturated heterocycles. The molecule has 0 spiro atoms.